The first-order valence-corrected chi connectivity index (χ1v) is 6.78. The van der Waals surface area contributed by atoms with E-state index >= 15 is 0 Å². The standard InChI is InChI=1S/C14H18N4O4/c15-14(16)17-6-2-4-10(13(19)20)18-7-9-3-1-5-11-12(9)22-8-21-11/h1,3,5,7,10H,2,4,6,8H2,(H,19,20)(H4,15,16,17). The number of benzene rings is 1. The second-order valence-corrected chi connectivity index (χ2v) is 4.66. The van der Waals surface area contributed by atoms with E-state index in [4.69, 9.17) is 20.9 Å². The quantitative estimate of drug-likeness (QED) is 0.378. The highest BCUT2D eigenvalue weighted by atomic mass is 16.7. The summed E-state index contributed by atoms with van der Waals surface area (Å²) in [5, 5.41) is 9.20. The molecule has 8 heteroatoms. The number of nitrogens with two attached hydrogens (primary N) is 2. The van der Waals surface area contributed by atoms with Crippen LogP contribution in [0.1, 0.15) is 18.4 Å². The van der Waals surface area contributed by atoms with Gasteiger partial charge in [-0.3, -0.25) is 9.98 Å². The summed E-state index contributed by atoms with van der Waals surface area (Å²) in [5.74, 6) is 0.206. The lowest BCUT2D eigenvalue weighted by atomic mass is 10.1. The summed E-state index contributed by atoms with van der Waals surface area (Å²) >= 11 is 0. The van der Waals surface area contributed by atoms with E-state index in [2.05, 4.69) is 9.98 Å². The maximum absolute atomic E-state index is 11.2. The molecule has 8 nitrogen and oxygen atoms in total. The number of guanidine groups is 1. The van der Waals surface area contributed by atoms with Gasteiger partial charge in [-0.15, -0.1) is 0 Å². The van der Waals surface area contributed by atoms with E-state index in [0.717, 1.165) is 0 Å². The van der Waals surface area contributed by atoms with Gasteiger partial charge in [0.15, 0.2) is 17.5 Å². The van der Waals surface area contributed by atoms with E-state index < -0.39 is 12.0 Å². The van der Waals surface area contributed by atoms with Gasteiger partial charge in [-0.25, -0.2) is 4.79 Å². The Bertz CT molecular complexity index is 597. The maximum Gasteiger partial charge on any atom is 0.328 e. The molecule has 2 rings (SSSR count). The molecule has 0 saturated heterocycles. The van der Waals surface area contributed by atoms with Gasteiger partial charge < -0.3 is 26.0 Å². The van der Waals surface area contributed by atoms with Crippen LogP contribution in [0.15, 0.2) is 28.2 Å². The molecule has 0 saturated carbocycles. The van der Waals surface area contributed by atoms with Crippen LogP contribution in [0.3, 0.4) is 0 Å². The third kappa shape index (κ3) is 4.11. The third-order valence-corrected chi connectivity index (χ3v) is 3.04. The van der Waals surface area contributed by atoms with Crippen LogP contribution >= 0.6 is 0 Å². The number of rotatable bonds is 7. The molecule has 1 atom stereocenters. The van der Waals surface area contributed by atoms with Crippen LogP contribution in [0, 0.1) is 0 Å². The van der Waals surface area contributed by atoms with Gasteiger partial charge in [-0.05, 0) is 25.0 Å². The third-order valence-electron chi connectivity index (χ3n) is 3.04. The first kappa shape index (κ1) is 15.6. The summed E-state index contributed by atoms with van der Waals surface area (Å²) in [5.41, 5.74) is 11.1. The highest BCUT2D eigenvalue weighted by molar-refractivity contribution is 5.87. The fourth-order valence-electron chi connectivity index (χ4n) is 1.98. The van der Waals surface area contributed by atoms with Gasteiger partial charge in [0.25, 0.3) is 0 Å². The molecule has 0 fully saturated rings. The maximum atomic E-state index is 11.2. The number of aliphatic imine (C=N–C) groups is 2. The Hall–Kier alpha value is -2.77. The highest BCUT2D eigenvalue weighted by Crippen LogP contribution is 2.34. The van der Waals surface area contributed by atoms with Gasteiger partial charge in [-0.1, -0.05) is 6.07 Å². The minimum absolute atomic E-state index is 0.00706. The summed E-state index contributed by atoms with van der Waals surface area (Å²) in [6.45, 7) is 0.528. The van der Waals surface area contributed by atoms with Crippen LogP contribution in [0.4, 0.5) is 0 Å². The molecule has 1 aromatic rings. The summed E-state index contributed by atoms with van der Waals surface area (Å²) in [6, 6.07) is 4.51. The van der Waals surface area contributed by atoms with Gasteiger partial charge in [0.05, 0.1) is 0 Å². The topological polar surface area (TPSA) is 133 Å². The van der Waals surface area contributed by atoms with Crippen molar-refractivity contribution in [3.05, 3.63) is 23.8 Å². The van der Waals surface area contributed by atoms with E-state index in [1.165, 1.54) is 6.21 Å². The fourth-order valence-corrected chi connectivity index (χ4v) is 1.98. The SMILES string of the molecule is NC(N)=NCCCC(N=Cc1cccc2c1OCO2)C(=O)O. The molecule has 0 aromatic heterocycles. The largest absolute Gasteiger partial charge is 0.480 e. The van der Waals surface area contributed by atoms with Crippen LogP contribution in [0.2, 0.25) is 0 Å². The molecule has 0 aliphatic carbocycles. The van der Waals surface area contributed by atoms with Crippen LogP contribution < -0.4 is 20.9 Å². The number of hydrogen-bond donors (Lipinski definition) is 3. The first-order chi connectivity index (χ1) is 10.6. The zero-order valence-corrected chi connectivity index (χ0v) is 11.9. The Balaban J connectivity index is 2.00. The molecule has 0 spiro atoms. The Morgan fingerprint density at radius 3 is 2.95 bits per heavy atom. The number of carboxylic acids is 1. The molecule has 5 N–H and O–H groups in total. The van der Waals surface area contributed by atoms with Crippen LogP contribution in [-0.2, 0) is 4.79 Å². The van der Waals surface area contributed by atoms with E-state index in [1.807, 2.05) is 0 Å². The average molecular weight is 306 g/mol. The number of para-hydroxylation sites is 1. The normalized spacial score (nSPS) is 14.0. The Labute approximate surface area is 127 Å². The second-order valence-electron chi connectivity index (χ2n) is 4.66. The fraction of sp³-hybridized carbons (Fsp3) is 0.357. The molecule has 1 aliphatic heterocycles. The molecule has 1 unspecified atom stereocenters. The van der Waals surface area contributed by atoms with Crippen molar-refractivity contribution in [2.45, 2.75) is 18.9 Å². The van der Waals surface area contributed by atoms with Crippen molar-refractivity contribution >= 4 is 18.1 Å². The molecule has 1 aromatic carbocycles. The summed E-state index contributed by atoms with van der Waals surface area (Å²) in [7, 11) is 0. The van der Waals surface area contributed by atoms with Gasteiger partial charge >= 0.3 is 5.97 Å². The van der Waals surface area contributed by atoms with Gasteiger partial charge in [-0.2, -0.15) is 0 Å². The van der Waals surface area contributed by atoms with Crippen molar-refractivity contribution in [1.82, 2.24) is 0 Å². The summed E-state index contributed by atoms with van der Waals surface area (Å²) in [4.78, 5) is 19.2. The predicted octanol–water partition coefficient (Wildman–Crippen LogP) is 0.341. The molecule has 1 heterocycles. The molecular formula is C14H18N4O4. The average Bonchev–Trinajstić information content (AvgIpc) is 2.94. The first-order valence-electron chi connectivity index (χ1n) is 6.78. The highest BCUT2D eigenvalue weighted by Gasteiger charge is 2.18. The van der Waals surface area contributed by atoms with Gasteiger partial charge in [0.2, 0.25) is 6.79 Å². The zero-order valence-electron chi connectivity index (χ0n) is 11.9. The molecule has 0 bridgehead atoms. The lowest BCUT2D eigenvalue weighted by molar-refractivity contribution is -0.138. The second kappa shape index (κ2) is 7.30. The molecule has 1 aliphatic rings. The van der Waals surface area contributed by atoms with Crippen LogP contribution in [-0.4, -0.2) is 42.6 Å². The van der Waals surface area contributed by atoms with Crippen molar-refractivity contribution in [3.8, 4) is 11.5 Å². The minimum Gasteiger partial charge on any atom is -0.480 e. The van der Waals surface area contributed by atoms with Crippen molar-refractivity contribution in [2.75, 3.05) is 13.3 Å². The molecular weight excluding hydrogens is 288 g/mol. The number of ether oxygens (including phenoxy) is 2. The number of hydrogen-bond acceptors (Lipinski definition) is 5. The molecule has 0 amide bonds. The van der Waals surface area contributed by atoms with E-state index in [9.17, 15) is 9.90 Å². The van der Waals surface area contributed by atoms with Crippen LogP contribution in [0.25, 0.3) is 0 Å². The molecule has 22 heavy (non-hydrogen) atoms. The minimum atomic E-state index is -0.995. The van der Waals surface area contributed by atoms with Crippen molar-refractivity contribution in [1.29, 1.82) is 0 Å². The Morgan fingerprint density at radius 2 is 2.23 bits per heavy atom. The summed E-state index contributed by atoms with van der Waals surface area (Å²) in [6.07, 6.45) is 2.36. The molecule has 0 radical (unpaired) electrons. The van der Waals surface area contributed by atoms with Crippen molar-refractivity contribution in [3.63, 3.8) is 0 Å². The monoisotopic (exact) mass is 306 g/mol. The lowest BCUT2D eigenvalue weighted by Crippen LogP contribution is -2.23. The number of aliphatic carboxylic acids is 1. The number of carbonyl (C=O) groups is 1. The van der Waals surface area contributed by atoms with Gasteiger partial charge in [0, 0.05) is 18.3 Å². The number of nitrogens with zero attached hydrogens (tertiary/aromatic N) is 2. The van der Waals surface area contributed by atoms with Crippen molar-refractivity contribution in [2.24, 2.45) is 21.5 Å². The number of carboxylic acid groups (broad SMARTS) is 1. The van der Waals surface area contributed by atoms with E-state index in [0.29, 0.717) is 36.4 Å². The zero-order chi connectivity index (χ0) is 15.9. The van der Waals surface area contributed by atoms with Gasteiger partial charge in [0.1, 0.15) is 6.04 Å². The summed E-state index contributed by atoms with van der Waals surface area (Å²) < 4.78 is 10.6. The predicted molar refractivity (Wildman–Crippen MR) is 81.5 cm³/mol. The Morgan fingerprint density at radius 1 is 1.41 bits per heavy atom. The smallest absolute Gasteiger partial charge is 0.328 e. The van der Waals surface area contributed by atoms with E-state index in [1.54, 1.807) is 18.2 Å². The van der Waals surface area contributed by atoms with Crippen LogP contribution in [0.5, 0.6) is 11.5 Å². The Kier molecular flexibility index (Phi) is 5.18. The van der Waals surface area contributed by atoms with E-state index in [-0.39, 0.29) is 12.8 Å². The van der Waals surface area contributed by atoms with Crippen molar-refractivity contribution < 1.29 is 19.4 Å². The lowest BCUT2D eigenvalue weighted by Gasteiger charge is -2.06. The molecule has 118 valence electrons. The number of fused-ring (bicyclic) bond motifs is 1.